The van der Waals surface area contributed by atoms with Gasteiger partial charge in [0.2, 0.25) is 0 Å². The number of fused-ring (bicyclic) bond motifs is 2. The number of rotatable bonds is 6. The summed E-state index contributed by atoms with van der Waals surface area (Å²) in [6.45, 7) is 13.1. The molecule has 0 fully saturated rings. The van der Waals surface area contributed by atoms with E-state index in [-0.39, 0.29) is 0 Å². The van der Waals surface area contributed by atoms with Crippen LogP contribution in [0.3, 0.4) is 0 Å². The summed E-state index contributed by atoms with van der Waals surface area (Å²) in [7, 11) is 0. The van der Waals surface area contributed by atoms with Crippen LogP contribution in [0.2, 0.25) is 0 Å². The van der Waals surface area contributed by atoms with Crippen LogP contribution in [0, 0.1) is 0 Å². The van der Waals surface area contributed by atoms with Gasteiger partial charge in [-0.2, -0.15) is 0 Å². The average molecular weight is 388 g/mol. The van der Waals surface area contributed by atoms with Gasteiger partial charge in [-0.05, 0) is 0 Å². The van der Waals surface area contributed by atoms with Crippen molar-refractivity contribution in [3.8, 4) is 0 Å². The summed E-state index contributed by atoms with van der Waals surface area (Å²) >= 11 is 0.349. The van der Waals surface area contributed by atoms with Crippen molar-refractivity contribution < 1.29 is 0 Å². The molecule has 3 rings (SSSR count). The second kappa shape index (κ2) is 7.50. The van der Waals surface area contributed by atoms with Gasteiger partial charge in [0.1, 0.15) is 0 Å². The van der Waals surface area contributed by atoms with Crippen LogP contribution in [0.15, 0.2) is 36.4 Å². The molecule has 0 atom stereocenters. The van der Waals surface area contributed by atoms with Crippen LogP contribution in [-0.2, 0) is 0 Å². The Kier molecular flexibility index (Phi) is 5.37. The fourth-order valence-electron chi connectivity index (χ4n) is 3.23. The van der Waals surface area contributed by atoms with Gasteiger partial charge in [-0.25, -0.2) is 0 Å². The first-order chi connectivity index (χ1) is 11.7. The first-order valence-corrected chi connectivity index (χ1v) is 10.6. The van der Waals surface area contributed by atoms with Gasteiger partial charge in [0.15, 0.2) is 0 Å². The molecule has 24 heavy (non-hydrogen) atoms. The zero-order valence-corrected chi connectivity index (χ0v) is 16.8. The zero-order chi connectivity index (χ0) is 17.1. The summed E-state index contributed by atoms with van der Waals surface area (Å²) in [5, 5.41) is 3.62. The fourth-order valence-corrected chi connectivity index (χ4v) is 5.44. The SMILES string of the molecule is CCN(CC)c1ccc2c(c1)[Se+]c1cc(N(CC)CC)ccc1N2. The van der Waals surface area contributed by atoms with Gasteiger partial charge >= 0.3 is 152 Å². The van der Waals surface area contributed by atoms with E-state index >= 15 is 0 Å². The van der Waals surface area contributed by atoms with Gasteiger partial charge in [-0.3, -0.25) is 0 Å². The molecular weight excluding hydrogens is 361 g/mol. The number of hydrogen-bond acceptors (Lipinski definition) is 3. The third-order valence-corrected chi connectivity index (χ3v) is 7.02. The molecule has 0 saturated carbocycles. The first-order valence-electron chi connectivity index (χ1n) is 8.92. The molecule has 1 aliphatic heterocycles. The quantitative estimate of drug-likeness (QED) is 0.655. The molecule has 2 aromatic rings. The summed E-state index contributed by atoms with van der Waals surface area (Å²) in [5.74, 6) is 0. The minimum absolute atomic E-state index is 0.349. The molecule has 3 nitrogen and oxygen atoms in total. The Morgan fingerprint density at radius 1 is 0.708 bits per heavy atom. The van der Waals surface area contributed by atoms with Crippen molar-refractivity contribution in [2.45, 2.75) is 27.7 Å². The Hall–Kier alpha value is -1.64. The van der Waals surface area contributed by atoms with Crippen LogP contribution in [0.1, 0.15) is 27.7 Å². The molecule has 4 heteroatoms. The van der Waals surface area contributed by atoms with Crippen molar-refractivity contribution >= 4 is 46.6 Å². The first kappa shape index (κ1) is 17.2. The monoisotopic (exact) mass is 389 g/mol. The van der Waals surface area contributed by atoms with E-state index in [1.54, 1.807) is 0 Å². The Morgan fingerprint density at radius 2 is 1.12 bits per heavy atom. The standard InChI is InChI=1S/C20H27N3Se/c1-5-22(6-2)15-9-11-17-19(13-15)24-20-14-16(23(7-3)8-4)10-12-18(20)21-17/h9-14,21H,5-8H2,1-4H3/q+1. The number of nitrogens with one attached hydrogen (secondary N) is 1. The van der Waals surface area contributed by atoms with Crippen molar-refractivity contribution in [1.29, 1.82) is 0 Å². The predicted octanol–water partition coefficient (Wildman–Crippen LogP) is 3.09. The van der Waals surface area contributed by atoms with E-state index in [1.165, 1.54) is 31.7 Å². The maximum atomic E-state index is 3.62. The molecule has 1 aliphatic rings. The van der Waals surface area contributed by atoms with Gasteiger partial charge in [0, 0.05) is 0 Å². The fraction of sp³-hybridized carbons (Fsp3) is 0.400. The summed E-state index contributed by atoms with van der Waals surface area (Å²) in [4.78, 5) is 4.83. The second-order valence-corrected chi connectivity index (χ2v) is 8.21. The molecule has 0 unspecified atom stereocenters. The zero-order valence-electron chi connectivity index (χ0n) is 15.1. The van der Waals surface area contributed by atoms with E-state index in [2.05, 4.69) is 79.2 Å². The molecule has 0 spiro atoms. The molecule has 2 aromatic carbocycles. The van der Waals surface area contributed by atoms with E-state index in [1.807, 2.05) is 0 Å². The summed E-state index contributed by atoms with van der Waals surface area (Å²) in [5.41, 5.74) is 5.22. The van der Waals surface area contributed by atoms with Gasteiger partial charge in [0.05, 0.1) is 0 Å². The molecule has 0 aliphatic carbocycles. The van der Waals surface area contributed by atoms with Crippen molar-refractivity contribution in [3.63, 3.8) is 0 Å². The second-order valence-electron chi connectivity index (χ2n) is 5.93. The Labute approximate surface area is 152 Å². The Balaban J connectivity index is 1.91. The van der Waals surface area contributed by atoms with E-state index in [0.29, 0.717) is 15.0 Å². The maximum absolute atomic E-state index is 3.62. The summed E-state index contributed by atoms with van der Waals surface area (Å²) in [6, 6.07) is 13.7. The number of benzene rings is 2. The van der Waals surface area contributed by atoms with E-state index < -0.39 is 0 Å². The van der Waals surface area contributed by atoms with Gasteiger partial charge < -0.3 is 0 Å². The molecule has 0 bridgehead atoms. The van der Waals surface area contributed by atoms with Crippen molar-refractivity contribution in [2.75, 3.05) is 41.3 Å². The minimum atomic E-state index is 0.349. The molecule has 1 heterocycles. The third-order valence-electron chi connectivity index (χ3n) is 4.68. The molecule has 127 valence electrons. The van der Waals surface area contributed by atoms with Gasteiger partial charge in [0.25, 0.3) is 0 Å². The number of anilines is 4. The molecule has 1 N–H and O–H groups in total. The Bertz CT molecular complexity index is 647. The van der Waals surface area contributed by atoms with Crippen LogP contribution < -0.4 is 24.0 Å². The van der Waals surface area contributed by atoms with Crippen LogP contribution >= 0.6 is 0 Å². The molecule has 0 saturated heterocycles. The summed E-state index contributed by atoms with van der Waals surface area (Å²) < 4.78 is 2.91. The van der Waals surface area contributed by atoms with Gasteiger partial charge in [-0.15, -0.1) is 0 Å². The number of nitrogens with zero attached hydrogens (tertiary/aromatic N) is 2. The van der Waals surface area contributed by atoms with Crippen LogP contribution in [0.5, 0.6) is 0 Å². The molecular formula is C20H27N3Se+. The van der Waals surface area contributed by atoms with Crippen molar-refractivity contribution in [2.24, 2.45) is 0 Å². The van der Waals surface area contributed by atoms with Crippen LogP contribution in [0.4, 0.5) is 22.7 Å². The normalized spacial score (nSPS) is 12.2. The van der Waals surface area contributed by atoms with E-state index in [0.717, 1.165) is 26.2 Å². The molecule has 0 amide bonds. The third kappa shape index (κ3) is 3.26. The van der Waals surface area contributed by atoms with Crippen molar-refractivity contribution in [1.82, 2.24) is 0 Å². The number of hydrogen-bond donors (Lipinski definition) is 1. The van der Waals surface area contributed by atoms with Crippen LogP contribution in [0.25, 0.3) is 0 Å². The Morgan fingerprint density at radius 3 is 1.50 bits per heavy atom. The molecule has 1 radical (unpaired) electrons. The van der Waals surface area contributed by atoms with Crippen molar-refractivity contribution in [3.05, 3.63) is 36.4 Å². The van der Waals surface area contributed by atoms with E-state index in [9.17, 15) is 0 Å². The molecule has 0 aromatic heterocycles. The topological polar surface area (TPSA) is 18.5 Å². The van der Waals surface area contributed by atoms with E-state index in [4.69, 9.17) is 0 Å². The summed E-state index contributed by atoms with van der Waals surface area (Å²) in [6.07, 6.45) is 0. The average Bonchev–Trinajstić information content (AvgIpc) is 2.62. The van der Waals surface area contributed by atoms with Crippen LogP contribution in [-0.4, -0.2) is 41.1 Å². The predicted molar refractivity (Wildman–Crippen MR) is 108 cm³/mol. The van der Waals surface area contributed by atoms with Gasteiger partial charge in [-0.1, -0.05) is 0 Å².